The lowest BCUT2D eigenvalue weighted by molar-refractivity contribution is 0.399. The van der Waals surface area contributed by atoms with Gasteiger partial charge in [0, 0.05) is 6.07 Å². The molecule has 2 heterocycles. The maximum atomic E-state index is 11.8. The number of nitrogen functional groups attached to an aromatic ring is 1. The standard InChI is InChI=1S/C13H20N4O2/c1-3-5-8(6-4-2)17-12(14)11-9(16-17)7-10(18)15-13(11)19/h7-8,18H,3-6,14H2,1-2H3,(H,15,19). The first-order chi connectivity index (χ1) is 9.08. The zero-order valence-corrected chi connectivity index (χ0v) is 11.3. The van der Waals surface area contributed by atoms with Gasteiger partial charge in [0.05, 0.1) is 6.04 Å². The molecule has 0 atom stereocenters. The van der Waals surface area contributed by atoms with Crippen molar-refractivity contribution in [2.24, 2.45) is 0 Å². The van der Waals surface area contributed by atoms with E-state index in [4.69, 9.17) is 5.73 Å². The Morgan fingerprint density at radius 2 is 2.05 bits per heavy atom. The van der Waals surface area contributed by atoms with Gasteiger partial charge in [-0.05, 0) is 12.8 Å². The Bertz CT molecular complexity index is 623. The molecule has 0 unspecified atom stereocenters. The lowest BCUT2D eigenvalue weighted by Crippen LogP contribution is -2.14. The van der Waals surface area contributed by atoms with Crippen molar-refractivity contribution in [2.75, 3.05) is 5.73 Å². The van der Waals surface area contributed by atoms with Gasteiger partial charge >= 0.3 is 0 Å². The molecule has 0 aliphatic heterocycles. The van der Waals surface area contributed by atoms with Gasteiger partial charge in [0.1, 0.15) is 16.7 Å². The lowest BCUT2D eigenvalue weighted by atomic mass is 10.1. The number of aromatic amines is 1. The SMILES string of the molecule is CCCC(CCC)n1nc2cc(O)[nH]c(=O)c2c1N. The number of rotatable bonds is 5. The van der Waals surface area contributed by atoms with Gasteiger partial charge in [-0.1, -0.05) is 26.7 Å². The maximum absolute atomic E-state index is 11.8. The van der Waals surface area contributed by atoms with Crippen molar-refractivity contribution in [1.29, 1.82) is 0 Å². The molecule has 0 amide bonds. The van der Waals surface area contributed by atoms with Gasteiger partial charge in [-0.25, -0.2) is 4.68 Å². The zero-order chi connectivity index (χ0) is 14.0. The number of hydrogen-bond acceptors (Lipinski definition) is 4. The van der Waals surface area contributed by atoms with E-state index in [1.165, 1.54) is 6.07 Å². The quantitative estimate of drug-likeness (QED) is 0.770. The molecule has 0 saturated carbocycles. The number of nitrogens with one attached hydrogen (secondary N) is 1. The molecule has 6 heteroatoms. The van der Waals surface area contributed by atoms with Crippen molar-refractivity contribution in [3.8, 4) is 5.88 Å². The zero-order valence-electron chi connectivity index (χ0n) is 11.3. The summed E-state index contributed by atoms with van der Waals surface area (Å²) < 4.78 is 1.73. The highest BCUT2D eigenvalue weighted by atomic mass is 16.3. The van der Waals surface area contributed by atoms with Gasteiger partial charge < -0.3 is 10.8 Å². The van der Waals surface area contributed by atoms with Gasteiger partial charge in [-0.3, -0.25) is 9.78 Å². The molecule has 0 saturated heterocycles. The van der Waals surface area contributed by atoms with Gasteiger partial charge in [-0.2, -0.15) is 5.10 Å². The first-order valence-electron chi connectivity index (χ1n) is 6.68. The molecule has 2 aromatic rings. The average Bonchev–Trinajstić information content (AvgIpc) is 2.66. The number of aromatic nitrogens is 3. The second kappa shape index (κ2) is 5.34. The van der Waals surface area contributed by atoms with Gasteiger partial charge in [0.25, 0.3) is 5.56 Å². The van der Waals surface area contributed by atoms with E-state index in [9.17, 15) is 9.90 Å². The molecular weight excluding hydrogens is 244 g/mol. The molecule has 6 nitrogen and oxygen atoms in total. The predicted molar refractivity (Wildman–Crippen MR) is 75.3 cm³/mol. The Hall–Kier alpha value is -1.98. The van der Waals surface area contributed by atoms with Crippen LogP contribution < -0.4 is 11.3 Å². The fourth-order valence-electron chi connectivity index (χ4n) is 2.48. The smallest absolute Gasteiger partial charge is 0.263 e. The van der Waals surface area contributed by atoms with Crippen molar-refractivity contribution in [1.82, 2.24) is 14.8 Å². The molecule has 0 aliphatic rings. The van der Waals surface area contributed by atoms with Crippen LogP contribution >= 0.6 is 0 Å². The number of pyridine rings is 1. The van der Waals surface area contributed by atoms with Crippen LogP contribution in [-0.2, 0) is 0 Å². The Morgan fingerprint density at radius 3 is 2.63 bits per heavy atom. The van der Waals surface area contributed by atoms with Crippen molar-refractivity contribution in [2.45, 2.75) is 45.6 Å². The van der Waals surface area contributed by atoms with E-state index in [0.717, 1.165) is 25.7 Å². The summed E-state index contributed by atoms with van der Waals surface area (Å²) in [7, 11) is 0. The average molecular weight is 264 g/mol. The third kappa shape index (κ3) is 2.43. The molecule has 0 radical (unpaired) electrons. The van der Waals surface area contributed by atoms with E-state index in [1.54, 1.807) is 4.68 Å². The largest absolute Gasteiger partial charge is 0.494 e. The summed E-state index contributed by atoms with van der Waals surface area (Å²) in [6.07, 6.45) is 4.00. The summed E-state index contributed by atoms with van der Waals surface area (Å²) in [5.74, 6) is 0.188. The van der Waals surface area contributed by atoms with Crippen LogP contribution in [0.4, 0.5) is 5.82 Å². The molecule has 4 N–H and O–H groups in total. The third-order valence-electron chi connectivity index (χ3n) is 3.31. The minimum Gasteiger partial charge on any atom is -0.494 e. The number of nitrogens with zero attached hydrogens (tertiary/aromatic N) is 2. The molecule has 0 spiro atoms. The molecule has 0 aromatic carbocycles. The van der Waals surface area contributed by atoms with E-state index in [0.29, 0.717) is 16.7 Å². The fraction of sp³-hybridized carbons (Fsp3) is 0.538. The normalized spacial score (nSPS) is 11.5. The Balaban J connectivity index is 2.57. The molecule has 0 aliphatic carbocycles. The van der Waals surface area contributed by atoms with E-state index in [2.05, 4.69) is 23.9 Å². The summed E-state index contributed by atoms with van der Waals surface area (Å²) in [5, 5.41) is 14.2. The summed E-state index contributed by atoms with van der Waals surface area (Å²) in [4.78, 5) is 14.2. The molecular formula is C13H20N4O2. The van der Waals surface area contributed by atoms with E-state index < -0.39 is 5.56 Å². The molecule has 104 valence electrons. The third-order valence-corrected chi connectivity index (χ3v) is 3.31. The van der Waals surface area contributed by atoms with Crippen LogP contribution in [0, 0.1) is 0 Å². The van der Waals surface area contributed by atoms with Crippen LogP contribution in [0.3, 0.4) is 0 Å². The highest BCUT2D eigenvalue weighted by molar-refractivity contribution is 5.88. The minimum absolute atomic E-state index is 0.190. The van der Waals surface area contributed by atoms with Crippen LogP contribution in [0.1, 0.15) is 45.6 Å². The molecule has 2 rings (SSSR count). The first kappa shape index (κ1) is 13.5. The second-order valence-corrected chi connectivity index (χ2v) is 4.80. The van der Waals surface area contributed by atoms with Gasteiger partial charge in [-0.15, -0.1) is 0 Å². The van der Waals surface area contributed by atoms with Crippen LogP contribution in [0.2, 0.25) is 0 Å². The number of anilines is 1. The first-order valence-corrected chi connectivity index (χ1v) is 6.68. The van der Waals surface area contributed by atoms with E-state index in [-0.39, 0.29) is 11.9 Å². The van der Waals surface area contributed by atoms with Crippen molar-refractivity contribution in [3.63, 3.8) is 0 Å². The minimum atomic E-state index is -0.398. The van der Waals surface area contributed by atoms with Crippen molar-refractivity contribution in [3.05, 3.63) is 16.4 Å². The predicted octanol–water partition coefficient (Wildman–Crippen LogP) is 2.15. The van der Waals surface area contributed by atoms with Gasteiger partial charge in [0.15, 0.2) is 5.88 Å². The number of fused-ring (bicyclic) bond motifs is 1. The molecule has 0 fully saturated rings. The molecule has 2 aromatic heterocycles. The van der Waals surface area contributed by atoms with Crippen molar-refractivity contribution >= 4 is 16.7 Å². The number of H-pyrrole nitrogens is 1. The second-order valence-electron chi connectivity index (χ2n) is 4.80. The monoisotopic (exact) mass is 264 g/mol. The maximum Gasteiger partial charge on any atom is 0.263 e. The Labute approximate surface area is 111 Å². The Morgan fingerprint density at radius 1 is 1.42 bits per heavy atom. The number of nitrogens with two attached hydrogens (primary N) is 1. The van der Waals surface area contributed by atoms with Crippen LogP contribution in [0.15, 0.2) is 10.9 Å². The fourth-order valence-corrected chi connectivity index (χ4v) is 2.48. The summed E-state index contributed by atoms with van der Waals surface area (Å²) in [6.45, 7) is 4.22. The van der Waals surface area contributed by atoms with Gasteiger partial charge in [0.2, 0.25) is 0 Å². The van der Waals surface area contributed by atoms with E-state index >= 15 is 0 Å². The van der Waals surface area contributed by atoms with Crippen molar-refractivity contribution < 1.29 is 5.11 Å². The Kier molecular flexibility index (Phi) is 3.78. The highest BCUT2D eigenvalue weighted by Crippen LogP contribution is 2.27. The summed E-state index contributed by atoms with van der Waals surface area (Å²) in [6, 6.07) is 1.63. The number of hydrogen-bond donors (Lipinski definition) is 3. The topological polar surface area (TPSA) is 96.9 Å². The van der Waals surface area contributed by atoms with Crippen LogP contribution in [0.5, 0.6) is 5.88 Å². The lowest BCUT2D eigenvalue weighted by Gasteiger charge is -2.17. The van der Waals surface area contributed by atoms with E-state index in [1.807, 2.05) is 0 Å². The summed E-state index contributed by atoms with van der Waals surface area (Å²) in [5.41, 5.74) is 6.09. The summed E-state index contributed by atoms with van der Waals surface area (Å²) >= 11 is 0. The molecule has 19 heavy (non-hydrogen) atoms. The highest BCUT2D eigenvalue weighted by Gasteiger charge is 2.18. The molecule has 0 bridgehead atoms. The van der Waals surface area contributed by atoms with Crippen LogP contribution in [0.25, 0.3) is 10.9 Å². The number of aromatic hydroxyl groups is 1. The van der Waals surface area contributed by atoms with Crippen LogP contribution in [-0.4, -0.2) is 19.9 Å².